The summed E-state index contributed by atoms with van der Waals surface area (Å²) in [5, 5.41) is 0. The highest BCUT2D eigenvalue weighted by Crippen LogP contribution is 2.19. The van der Waals surface area contributed by atoms with Gasteiger partial charge < -0.3 is 9.47 Å². The van der Waals surface area contributed by atoms with Crippen LogP contribution in [0.1, 0.15) is 6.92 Å². The second-order valence-electron chi connectivity index (χ2n) is 3.55. The molecule has 0 fully saturated rings. The fourth-order valence-corrected chi connectivity index (χ4v) is 1.79. The van der Waals surface area contributed by atoms with Crippen LogP contribution in [0.15, 0.2) is 35.9 Å². The average Bonchev–Trinajstić information content (AvgIpc) is 2.25. The van der Waals surface area contributed by atoms with Crippen molar-refractivity contribution in [3.05, 3.63) is 39.5 Å². The Labute approximate surface area is 103 Å². The molecule has 1 aromatic rings. The van der Waals surface area contributed by atoms with Gasteiger partial charge in [-0.3, -0.25) is 0 Å². The van der Waals surface area contributed by atoms with E-state index in [1.54, 1.807) is 0 Å². The molecule has 0 aromatic heterocycles. The highest BCUT2D eigenvalue weighted by Gasteiger charge is 2.16. The van der Waals surface area contributed by atoms with Gasteiger partial charge in [0, 0.05) is 3.57 Å². The monoisotopic (exact) mass is 316 g/mol. The quantitative estimate of drug-likeness (QED) is 0.617. The lowest BCUT2D eigenvalue weighted by atomic mass is 10.1. The Hall–Kier alpha value is -0.550. The van der Waals surface area contributed by atoms with E-state index >= 15 is 0 Å². The van der Waals surface area contributed by atoms with E-state index in [1.165, 1.54) is 9.14 Å². The fourth-order valence-electron chi connectivity index (χ4n) is 1.43. The molecular formula is C12H13IO2. The molecule has 1 heterocycles. The van der Waals surface area contributed by atoms with Crippen molar-refractivity contribution in [3.8, 4) is 5.75 Å². The summed E-state index contributed by atoms with van der Waals surface area (Å²) in [6, 6.07) is 8.06. The van der Waals surface area contributed by atoms with Crippen molar-refractivity contribution < 1.29 is 9.47 Å². The molecular weight excluding hydrogens is 303 g/mol. The molecule has 1 aliphatic rings. The van der Waals surface area contributed by atoms with E-state index in [1.807, 2.05) is 24.3 Å². The minimum absolute atomic E-state index is 0.0683. The van der Waals surface area contributed by atoms with Gasteiger partial charge in [0.15, 0.2) is 0 Å². The number of ether oxygens (including phenoxy) is 2. The molecule has 3 heteroatoms. The van der Waals surface area contributed by atoms with Gasteiger partial charge in [0.1, 0.15) is 11.9 Å². The lowest BCUT2D eigenvalue weighted by Gasteiger charge is -2.23. The molecule has 0 saturated heterocycles. The zero-order chi connectivity index (χ0) is 10.7. The predicted molar refractivity (Wildman–Crippen MR) is 68.2 cm³/mol. The summed E-state index contributed by atoms with van der Waals surface area (Å²) in [7, 11) is 0. The smallest absolute Gasteiger partial charge is 0.143 e. The van der Waals surface area contributed by atoms with Gasteiger partial charge in [0.25, 0.3) is 0 Å². The zero-order valence-corrected chi connectivity index (χ0v) is 10.7. The Kier molecular flexibility index (Phi) is 3.64. The SMILES string of the molecule is CC1=CCOCC1Oc1ccc(I)cc1. The average molecular weight is 316 g/mol. The van der Waals surface area contributed by atoms with Gasteiger partial charge in [-0.1, -0.05) is 6.08 Å². The topological polar surface area (TPSA) is 18.5 Å². The molecule has 80 valence electrons. The van der Waals surface area contributed by atoms with Crippen molar-refractivity contribution in [2.24, 2.45) is 0 Å². The van der Waals surface area contributed by atoms with Crippen molar-refractivity contribution >= 4 is 22.6 Å². The second kappa shape index (κ2) is 4.99. The standard InChI is InChI=1S/C12H13IO2/c1-9-6-7-14-8-12(9)15-11-4-2-10(13)3-5-11/h2-6,12H,7-8H2,1H3. The molecule has 2 rings (SSSR count). The van der Waals surface area contributed by atoms with Gasteiger partial charge >= 0.3 is 0 Å². The number of hydrogen-bond acceptors (Lipinski definition) is 2. The fraction of sp³-hybridized carbons (Fsp3) is 0.333. The van der Waals surface area contributed by atoms with E-state index in [9.17, 15) is 0 Å². The first-order valence-electron chi connectivity index (χ1n) is 4.92. The van der Waals surface area contributed by atoms with Crippen LogP contribution in [-0.2, 0) is 4.74 Å². The molecule has 0 radical (unpaired) electrons. The van der Waals surface area contributed by atoms with Gasteiger partial charge in [-0.25, -0.2) is 0 Å². The van der Waals surface area contributed by atoms with Gasteiger partial charge in [0.2, 0.25) is 0 Å². The first-order valence-corrected chi connectivity index (χ1v) is 6.00. The van der Waals surface area contributed by atoms with Crippen LogP contribution in [-0.4, -0.2) is 19.3 Å². The number of benzene rings is 1. The van der Waals surface area contributed by atoms with E-state index in [2.05, 4.69) is 35.6 Å². The van der Waals surface area contributed by atoms with Crippen molar-refractivity contribution in [1.82, 2.24) is 0 Å². The van der Waals surface area contributed by atoms with Crippen LogP contribution in [0.25, 0.3) is 0 Å². The van der Waals surface area contributed by atoms with Gasteiger partial charge in [0.05, 0.1) is 13.2 Å². The molecule has 0 spiro atoms. The van der Waals surface area contributed by atoms with Crippen LogP contribution < -0.4 is 4.74 Å². The molecule has 1 unspecified atom stereocenters. The third kappa shape index (κ3) is 2.95. The molecule has 0 bridgehead atoms. The van der Waals surface area contributed by atoms with Gasteiger partial charge in [-0.2, -0.15) is 0 Å². The molecule has 0 aliphatic carbocycles. The number of halogens is 1. The van der Waals surface area contributed by atoms with E-state index in [0.717, 1.165) is 5.75 Å². The molecule has 2 nitrogen and oxygen atoms in total. The minimum Gasteiger partial charge on any atom is -0.484 e. The summed E-state index contributed by atoms with van der Waals surface area (Å²) in [6.45, 7) is 3.44. The summed E-state index contributed by atoms with van der Waals surface area (Å²) in [5.41, 5.74) is 1.25. The van der Waals surface area contributed by atoms with Crippen LogP contribution in [0, 0.1) is 3.57 Å². The molecule has 0 N–H and O–H groups in total. The maximum atomic E-state index is 5.83. The lowest BCUT2D eigenvalue weighted by molar-refractivity contribution is 0.0681. The van der Waals surface area contributed by atoms with E-state index in [0.29, 0.717) is 13.2 Å². The molecule has 0 saturated carbocycles. The maximum absolute atomic E-state index is 5.83. The maximum Gasteiger partial charge on any atom is 0.143 e. The van der Waals surface area contributed by atoms with E-state index in [4.69, 9.17) is 9.47 Å². The Morgan fingerprint density at radius 2 is 2.07 bits per heavy atom. The van der Waals surface area contributed by atoms with Crippen LogP contribution in [0.2, 0.25) is 0 Å². The predicted octanol–water partition coefficient (Wildman–Crippen LogP) is 3.02. The van der Waals surface area contributed by atoms with E-state index < -0.39 is 0 Å². The largest absolute Gasteiger partial charge is 0.484 e. The molecule has 1 aliphatic heterocycles. The number of rotatable bonds is 2. The third-order valence-electron chi connectivity index (χ3n) is 2.39. The normalized spacial score (nSPS) is 20.9. The number of hydrogen-bond donors (Lipinski definition) is 0. The molecule has 1 atom stereocenters. The van der Waals surface area contributed by atoms with E-state index in [-0.39, 0.29) is 6.10 Å². The summed E-state index contributed by atoms with van der Waals surface area (Å²) in [4.78, 5) is 0. The van der Waals surface area contributed by atoms with Crippen molar-refractivity contribution in [2.45, 2.75) is 13.0 Å². The van der Waals surface area contributed by atoms with Crippen LogP contribution in [0.5, 0.6) is 5.75 Å². The van der Waals surface area contributed by atoms with Gasteiger partial charge in [-0.15, -0.1) is 0 Å². The molecule has 1 aromatic carbocycles. The summed E-state index contributed by atoms with van der Waals surface area (Å²) in [5.74, 6) is 0.902. The first kappa shape index (κ1) is 11.0. The third-order valence-corrected chi connectivity index (χ3v) is 3.11. The zero-order valence-electron chi connectivity index (χ0n) is 8.57. The Morgan fingerprint density at radius 1 is 1.33 bits per heavy atom. The highest BCUT2D eigenvalue weighted by atomic mass is 127. The Balaban J connectivity index is 2.05. The van der Waals surface area contributed by atoms with Crippen molar-refractivity contribution in [3.63, 3.8) is 0 Å². The molecule has 15 heavy (non-hydrogen) atoms. The lowest BCUT2D eigenvalue weighted by Crippen LogP contribution is -2.28. The van der Waals surface area contributed by atoms with Gasteiger partial charge in [-0.05, 0) is 59.4 Å². The summed E-state index contributed by atoms with van der Waals surface area (Å²) >= 11 is 2.28. The summed E-state index contributed by atoms with van der Waals surface area (Å²) in [6.07, 6.45) is 2.14. The first-order chi connectivity index (χ1) is 7.25. The van der Waals surface area contributed by atoms with Crippen LogP contribution in [0.4, 0.5) is 0 Å². The van der Waals surface area contributed by atoms with Crippen LogP contribution in [0.3, 0.4) is 0 Å². The minimum atomic E-state index is 0.0683. The second-order valence-corrected chi connectivity index (χ2v) is 4.79. The van der Waals surface area contributed by atoms with Crippen molar-refractivity contribution in [1.29, 1.82) is 0 Å². The summed E-state index contributed by atoms with van der Waals surface area (Å²) < 4.78 is 12.4. The Morgan fingerprint density at radius 3 is 2.73 bits per heavy atom. The van der Waals surface area contributed by atoms with Crippen LogP contribution >= 0.6 is 22.6 Å². The molecule has 0 amide bonds. The van der Waals surface area contributed by atoms with Crippen molar-refractivity contribution in [2.75, 3.05) is 13.2 Å². The Bertz CT molecular complexity index is 356. The highest BCUT2D eigenvalue weighted by molar-refractivity contribution is 14.1.